The van der Waals surface area contributed by atoms with E-state index in [2.05, 4.69) is 5.32 Å². The van der Waals surface area contributed by atoms with E-state index in [1.54, 1.807) is 0 Å². The molecule has 1 amide bonds. The summed E-state index contributed by atoms with van der Waals surface area (Å²) in [6, 6.07) is 7.72. The Bertz CT molecular complexity index is 446. The summed E-state index contributed by atoms with van der Waals surface area (Å²) in [5.74, 6) is -1.78. The van der Waals surface area contributed by atoms with Gasteiger partial charge in [0.2, 0.25) is 5.91 Å². The van der Waals surface area contributed by atoms with E-state index in [-0.39, 0.29) is 5.57 Å². The first-order valence-electron chi connectivity index (χ1n) is 5.22. The molecule has 0 saturated heterocycles. The average Bonchev–Trinajstić information content (AvgIpc) is 2.27. The van der Waals surface area contributed by atoms with Crippen molar-refractivity contribution in [1.82, 2.24) is 5.32 Å². The molecular formula is C13H14NO3-. The zero-order valence-electron chi connectivity index (χ0n) is 9.82. The predicted octanol–water partition coefficient (Wildman–Crippen LogP) is 0.307. The second-order valence-corrected chi connectivity index (χ2v) is 3.81. The smallest absolute Gasteiger partial charge is 0.247 e. The Morgan fingerprint density at radius 3 is 2.41 bits per heavy atom. The number of aryl methyl sites for hydroxylation is 1. The van der Waals surface area contributed by atoms with Gasteiger partial charge < -0.3 is 15.2 Å². The van der Waals surface area contributed by atoms with Crippen molar-refractivity contribution < 1.29 is 14.7 Å². The number of carboxylic acid groups (broad SMARTS) is 1. The van der Waals surface area contributed by atoms with E-state index in [0.29, 0.717) is 6.54 Å². The van der Waals surface area contributed by atoms with E-state index >= 15 is 0 Å². The fourth-order valence-corrected chi connectivity index (χ4v) is 1.27. The van der Waals surface area contributed by atoms with Crippen LogP contribution in [0.25, 0.3) is 0 Å². The van der Waals surface area contributed by atoms with Crippen LogP contribution in [0.3, 0.4) is 0 Å². The Kier molecular flexibility index (Phi) is 4.46. The molecule has 0 aromatic heterocycles. The molecule has 1 aromatic rings. The molecule has 0 aliphatic heterocycles. The van der Waals surface area contributed by atoms with E-state index in [9.17, 15) is 14.7 Å². The molecule has 90 valence electrons. The highest BCUT2D eigenvalue weighted by Gasteiger charge is 2.03. The van der Waals surface area contributed by atoms with Gasteiger partial charge in [-0.3, -0.25) is 4.79 Å². The van der Waals surface area contributed by atoms with Crippen molar-refractivity contribution in [3.8, 4) is 0 Å². The fraction of sp³-hybridized carbons (Fsp3) is 0.231. The van der Waals surface area contributed by atoms with Crippen LogP contribution in [0.1, 0.15) is 18.1 Å². The molecule has 1 N–H and O–H groups in total. The maximum atomic E-state index is 11.4. The van der Waals surface area contributed by atoms with Crippen LogP contribution in [0.5, 0.6) is 0 Å². The van der Waals surface area contributed by atoms with Crippen LogP contribution in [-0.4, -0.2) is 11.9 Å². The molecule has 4 heteroatoms. The molecule has 0 saturated carbocycles. The largest absolute Gasteiger partial charge is 0.545 e. The summed E-state index contributed by atoms with van der Waals surface area (Å²) >= 11 is 0. The summed E-state index contributed by atoms with van der Waals surface area (Å²) in [5.41, 5.74) is 2.23. The van der Waals surface area contributed by atoms with Crippen molar-refractivity contribution in [3.05, 3.63) is 47.0 Å². The molecule has 0 spiro atoms. The monoisotopic (exact) mass is 232 g/mol. The number of benzene rings is 1. The van der Waals surface area contributed by atoms with Crippen LogP contribution in [0, 0.1) is 6.92 Å². The Balaban J connectivity index is 2.54. The van der Waals surface area contributed by atoms with Gasteiger partial charge in [-0.1, -0.05) is 29.8 Å². The highest BCUT2D eigenvalue weighted by Crippen LogP contribution is 2.03. The molecule has 0 aliphatic rings. The van der Waals surface area contributed by atoms with Gasteiger partial charge in [0.15, 0.2) is 0 Å². The zero-order chi connectivity index (χ0) is 12.8. The quantitative estimate of drug-likeness (QED) is 0.759. The van der Waals surface area contributed by atoms with Crippen LogP contribution in [0.2, 0.25) is 0 Å². The highest BCUT2D eigenvalue weighted by molar-refractivity contribution is 5.97. The minimum atomic E-state index is -1.37. The van der Waals surface area contributed by atoms with Crippen molar-refractivity contribution in [2.75, 3.05) is 0 Å². The van der Waals surface area contributed by atoms with E-state index in [1.165, 1.54) is 6.92 Å². The highest BCUT2D eigenvalue weighted by atomic mass is 16.4. The number of carbonyl (C=O) groups excluding carboxylic acids is 2. The Labute approximate surface area is 100.0 Å². The van der Waals surface area contributed by atoms with Gasteiger partial charge in [-0.2, -0.15) is 0 Å². The number of hydrogen-bond acceptors (Lipinski definition) is 3. The Hall–Kier alpha value is -2.10. The van der Waals surface area contributed by atoms with Gasteiger partial charge in [-0.15, -0.1) is 0 Å². The summed E-state index contributed by atoms with van der Waals surface area (Å²) in [7, 11) is 0. The molecule has 4 nitrogen and oxygen atoms in total. The van der Waals surface area contributed by atoms with Crippen LogP contribution < -0.4 is 10.4 Å². The summed E-state index contributed by atoms with van der Waals surface area (Å²) in [6.07, 6.45) is 0.782. The number of amides is 1. The Morgan fingerprint density at radius 1 is 1.29 bits per heavy atom. The third kappa shape index (κ3) is 4.51. The maximum absolute atomic E-state index is 11.4. The number of hydrogen-bond donors (Lipinski definition) is 1. The lowest BCUT2D eigenvalue weighted by Gasteiger charge is -2.06. The van der Waals surface area contributed by atoms with E-state index in [4.69, 9.17) is 0 Å². The van der Waals surface area contributed by atoms with Gasteiger partial charge in [-0.05, 0) is 25.5 Å². The van der Waals surface area contributed by atoms with Crippen LogP contribution in [0.4, 0.5) is 0 Å². The first-order chi connectivity index (χ1) is 7.99. The number of carbonyl (C=O) groups is 2. The average molecular weight is 232 g/mol. The van der Waals surface area contributed by atoms with Gasteiger partial charge in [-0.25, -0.2) is 0 Å². The van der Waals surface area contributed by atoms with Gasteiger partial charge in [0.25, 0.3) is 0 Å². The van der Waals surface area contributed by atoms with Gasteiger partial charge in [0.1, 0.15) is 0 Å². The first kappa shape index (κ1) is 13.0. The molecular weight excluding hydrogens is 218 g/mol. The minimum Gasteiger partial charge on any atom is -0.545 e. The number of nitrogens with one attached hydrogen (secondary N) is 1. The molecule has 1 aromatic carbocycles. The fourth-order valence-electron chi connectivity index (χ4n) is 1.27. The number of carboxylic acids is 1. The lowest BCUT2D eigenvalue weighted by Crippen LogP contribution is -2.26. The summed E-state index contributed by atoms with van der Waals surface area (Å²) in [5, 5.41) is 12.9. The van der Waals surface area contributed by atoms with Gasteiger partial charge in [0.05, 0.1) is 5.97 Å². The normalized spacial score (nSPS) is 11.1. The number of aliphatic carboxylic acids is 1. The summed E-state index contributed by atoms with van der Waals surface area (Å²) < 4.78 is 0. The second-order valence-electron chi connectivity index (χ2n) is 3.81. The zero-order valence-corrected chi connectivity index (χ0v) is 9.82. The first-order valence-corrected chi connectivity index (χ1v) is 5.22. The van der Waals surface area contributed by atoms with E-state index < -0.39 is 11.9 Å². The molecule has 0 fully saturated rings. The number of rotatable bonds is 4. The molecule has 0 unspecified atom stereocenters. The van der Waals surface area contributed by atoms with Crippen LogP contribution >= 0.6 is 0 Å². The molecule has 0 atom stereocenters. The lowest BCUT2D eigenvalue weighted by molar-refractivity contribution is -0.297. The molecule has 0 radical (unpaired) electrons. The van der Waals surface area contributed by atoms with Crippen molar-refractivity contribution >= 4 is 11.9 Å². The predicted molar refractivity (Wildman–Crippen MR) is 61.8 cm³/mol. The standard InChI is InChI=1S/C13H15NO3/c1-9-3-5-11(6-4-9)8-14-13(17)10(2)7-12(15)16/h3-7H,8H2,1-2H3,(H,14,17)(H,15,16)/p-1. The third-order valence-corrected chi connectivity index (χ3v) is 2.27. The van der Waals surface area contributed by atoms with E-state index in [1.807, 2.05) is 31.2 Å². The lowest BCUT2D eigenvalue weighted by atomic mass is 10.1. The van der Waals surface area contributed by atoms with Gasteiger partial charge in [0, 0.05) is 12.1 Å². The van der Waals surface area contributed by atoms with Crippen molar-refractivity contribution in [1.29, 1.82) is 0 Å². The van der Waals surface area contributed by atoms with Crippen LogP contribution in [0.15, 0.2) is 35.9 Å². The third-order valence-electron chi connectivity index (χ3n) is 2.27. The topological polar surface area (TPSA) is 69.2 Å². The molecule has 0 bridgehead atoms. The summed E-state index contributed by atoms with van der Waals surface area (Å²) in [4.78, 5) is 21.7. The summed E-state index contributed by atoms with van der Waals surface area (Å²) in [6.45, 7) is 3.78. The second kappa shape index (κ2) is 5.84. The maximum Gasteiger partial charge on any atom is 0.247 e. The molecule has 17 heavy (non-hydrogen) atoms. The van der Waals surface area contributed by atoms with Gasteiger partial charge >= 0.3 is 0 Å². The molecule has 1 rings (SSSR count). The van der Waals surface area contributed by atoms with Crippen molar-refractivity contribution in [2.24, 2.45) is 0 Å². The Morgan fingerprint density at radius 2 is 1.88 bits per heavy atom. The molecule has 0 heterocycles. The molecule has 0 aliphatic carbocycles. The van der Waals surface area contributed by atoms with E-state index in [0.717, 1.165) is 17.2 Å². The SMILES string of the molecule is CC(=CC(=O)[O-])C(=O)NCc1ccc(C)cc1. The van der Waals surface area contributed by atoms with Crippen molar-refractivity contribution in [3.63, 3.8) is 0 Å². The minimum absolute atomic E-state index is 0.122. The van der Waals surface area contributed by atoms with Crippen LogP contribution in [-0.2, 0) is 16.1 Å². The van der Waals surface area contributed by atoms with Crippen molar-refractivity contribution in [2.45, 2.75) is 20.4 Å².